The number of benzene rings is 1. The quantitative estimate of drug-likeness (QED) is 0.0672. The number of unbranched alkanes of at least 4 members (excludes halogenated alkanes) is 3. The van der Waals surface area contributed by atoms with E-state index in [9.17, 15) is 38.7 Å². The number of hydrogen-bond acceptors (Lipinski definition) is 10. The molecule has 72 heavy (non-hydrogen) atoms. The van der Waals surface area contributed by atoms with Crippen molar-refractivity contribution < 1.29 is 52.9 Å². The lowest BCUT2D eigenvalue weighted by Gasteiger charge is -2.41. The first-order valence-electron chi connectivity index (χ1n) is 25.5. The molecule has 0 saturated carbocycles. The van der Waals surface area contributed by atoms with Gasteiger partial charge < -0.3 is 39.9 Å². The van der Waals surface area contributed by atoms with E-state index in [0.29, 0.717) is 50.8 Å². The summed E-state index contributed by atoms with van der Waals surface area (Å²) in [6, 6.07) is 5.68. The highest BCUT2D eigenvalue weighted by atomic mass is 16.5. The van der Waals surface area contributed by atoms with Crippen molar-refractivity contribution >= 4 is 47.3 Å². The van der Waals surface area contributed by atoms with Gasteiger partial charge in [0, 0.05) is 65.0 Å². The third-order valence-electron chi connectivity index (χ3n) is 14.0. The number of ether oxygens (including phenoxy) is 2. The van der Waals surface area contributed by atoms with Gasteiger partial charge in [-0.15, -0.1) is 0 Å². The van der Waals surface area contributed by atoms with Crippen molar-refractivity contribution in [3.63, 3.8) is 0 Å². The van der Waals surface area contributed by atoms with Crippen LogP contribution in [0.4, 0.5) is 0 Å². The summed E-state index contributed by atoms with van der Waals surface area (Å²) in [7, 11) is 4.56. The summed E-state index contributed by atoms with van der Waals surface area (Å²) < 4.78 is 12.3. The van der Waals surface area contributed by atoms with E-state index in [1.165, 1.54) is 36.2 Å². The highest BCUT2D eigenvalue weighted by Gasteiger charge is 2.46. The fourth-order valence-corrected chi connectivity index (χ4v) is 9.82. The largest absolute Gasteiger partial charge is 0.480 e. The molecule has 0 unspecified atom stereocenters. The van der Waals surface area contributed by atoms with Gasteiger partial charge in [-0.3, -0.25) is 38.5 Å². The van der Waals surface area contributed by atoms with E-state index in [-0.39, 0.29) is 73.7 Å². The number of hydrogen-bond donors (Lipinski definition) is 3. The van der Waals surface area contributed by atoms with Gasteiger partial charge in [0.1, 0.15) is 12.1 Å². The Morgan fingerprint density at radius 2 is 1.50 bits per heavy atom. The number of carbonyl (C=O) groups excluding carboxylic acids is 7. The van der Waals surface area contributed by atoms with Crippen molar-refractivity contribution in [3.05, 3.63) is 95.8 Å². The molecule has 0 spiro atoms. The fraction of sp³-hybridized carbons (Fsp3) is 0.564. The molecule has 17 nitrogen and oxygen atoms in total. The van der Waals surface area contributed by atoms with Crippen molar-refractivity contribution in [2.75, 3.05) is 40.9 Å². The normalized spacial score (nSPS) is 20.6. The summed E-state index contributed by atoms with van der Waals surface area (Å²) in [4.78, 5) is 113. The molecule has 0 aromatic heterocycles. The zero-order chi connectivity index (χ0) is 53.1. The number of amides is 7. The first-order chi connectivity index (χ1) is 34.4. The Hall–Kier alpha value is -6.20. The number of carboxylic acid groups (broad SMARTS) is 1. The van der Waals surface area contributed by atoms with Crippen LogP contribution < -0.4 is 10.6 Å². The molecule has 394 valence electrons. The number of aliphatic carboxylic acids is 1. The second-order valence-electron chi connectivity index (χ2n) is 19.3. The highest BCUT2D eigenvalue weighted by molar-refractivity contribution is 6.12. The number of nitrogens with one attached hydrogen (secondary N) is 2. The van der Waals surface area contributed by atoms with Gasteiger partial charge in [-0.1, -0.05) is 122 Å². The zero-order valence-corrected chi connectivity index (χ0v) is 43.7. The molecule has 3 N–H and O–H groups in total. The van der Waals surface area contributed by atoms with Crippen molar-refractivity contribution in [2.45, 2.75) is 142 Å². The zero-order valence-electron chi connectivity index (χ0n) is 43.7. The van der Waals surface area contributed by atoms with E-state index in [1.54, 1.807) is 48.0 Å². The standard InChI is InChI=1S/C55H78N6O11/c1-10-12-30-60(49(66)35-56-54(68)50(36(3)4)58(7)45(62)27-21-16-22-31-59-46(63)28-29-47(59)64)51(37(5)11-2)44(71-8)34-48(65)61-42-26-20-14-13-19-25-40(42)33-43(61)52(72-9)38(6)53(67)57-41(55(69)70)32-39-23-17-15-18-24-39/h13-15,17-20,23-26,28-29,36-38,41,43-44,50-52H,10-12,16,21-22,27,30-35H2,1-9H3,(H,56,68)(H,57,67)(H,69,70)/b14-13?,19-13-,20-14-,25-19?,26-20?,40-25-,42-26+/t37-,38+,41-,43-,44+,50-,51-,52+/m0/s1. The molecule has 1 aliphatic carbocycles. The van der Waals surface area contributed by atoms with Crippen LogP contribution >= 0.6 is 0 Å². The Kier molecular flexibility index (Phi) is 23.3. The number of likely N-dealkylation sites (N-methyl/N-ethyl adjacent to an activating group) is 1. The summed E-state index contributed by atoms with van der Waals surface area (Å²) in [5, 5.41) is 15.6. The molecule has 1 aromatic carbocycles. The molecular weight excluding hydrogens is 921 g/mol. The van der Waals surface area contributed by atoms with Crippen LogP contribution in [-0.4, -0.2) is 149 Å². The van der Waals surface area contributed by atoms with E-state index >= 15 is 4.79 Å². The first-order valence-corrected chi connectivity index (χ1v) is 25.5. The van der Waals surface area contributed by atoms with Gasteiger partial charge in [0.2, 0.25) is 29.5 Å². The molecule has 1 fully saturated rings. The SMILES string of the molecule is CCCCN(C(=O)CNC(=O)[C@H](C(C)C)N(C)C(=O)CCCCCN1C(=O)C=CC1=O)[C@@H]([C@@H](C)CC)[C@@H](CC(=O)N1C2=C/C=C\C=C/C=C\2C[C@H]1[C@H](OC)[C@@H](C)C(=O)N[C@@H](Cc1ccccc1)C(=O)O)OC. The van der Waals surface area contributed by atoms with Gasteiger partial charge in [-0.2, -0.15) is 0 Å². The number of imide groups is 1. The van der Waals surface area contributed by atoms with Crippen LogP contribution in [-0.2, 0) is 54.3 Å². The average molecular weight is 999 g/mol. The molecule has 7 amide bonds. The number of carbonyl (C=O) groups is 8. The van der Waals surface area contributed by atoms with Crippen LogP contribution in [0, 0.1) is 17.8 Å². The van der Waals surface area contributed by atoms with E-state index in [4.69, 9.17) is 9.47 Å². The maximum Gasteiger partial charge on any atom is 0.326 e. The van der Waals surface area contributed by atoms with Crippen LogP contribution in [0.1, 0.15) is 105 Å². The van der Waals surface area contributed by atoms with Crippen LogP contribution in [0.15, 0.2) is 90.2 Å². The van der Waals surface area contributed by atoms with E-state index in [2.05, 4.69) is 10.6 Å². The second kappa shape index (κ2) is 28.7. The minimum Gasteiger partial charge on any atom is -0.480 e. The summed E-state index contributed by atoms with van der Waals surface area (Å²) in [6.45, 7) is 11.6. The number of methoxy groups -OCH3 is 2. The highest BCUT2D eigenvalue weighted by Crippen LogP contribution is 2.39. The molecule has 2 aliphatic heterocycles. The average Bonchev–Trinajstić information content (AvgIpc) is 3.86. The van der Waals surface area contributed by atoms with E-state index in [1.807, 2.05) is 77.1 Å². The number of nitrogens with zero attached hydrogens (tertiary/aromatic N) is 4. The predicted octanol–water partition coefficient (Wildman–Crippen LogP) is 5.52. The Morgan fingerprint density at radius 3 is 2.10 bits per heavy atom. The first kappa shape index (κ1) is 58.4. The maximum absolute atomic E-state index is 15.1. The van der Waals surface area contributed by atoms with Crippen LogP contribution in [0.3, 0.4) is 0 Å². The number of allylic oxidation sites excluding steroid dienone is 7. The minimum absolute atomic E-state index is 0.0762. The molecule has 3 aliphatic rings. The molecule has 2 heterocycles. The third kappa shape index (κ3) is 15.6. The Labute approximate surface area is 425 Å². The summed E-state index contributed by atoms with van der Waals surface area (Å²) >= 11 is 0. The van der Waals surface area contributed by atoms with Crippen LogP contribution in [0.5, 0.6) is 0 Å². The van der Waals surface area contributed by atoms with E-state index < -0.39 is 60.1 Å². The number of carboxylic acids is 1. The lowest BCUT2D eigenvalue weighted by atomic mass is 9.89. The van der Waals surface area contributed by atoms with Crippen molar-refractivity contribution in [1.29, 1.82) is 0 Å². The summed E-state index contributed by atoms with van der Waals surface area (Å²) in [6.07, 6.45) is 16.1. The maximum atomic E-state index is 15.1. The topological polar surface area (TPSA) is 212 Å². The number of likely N-dealkylation sites (tertiary alicyclic amines) is 1. The number of rotatable bonds is 29. The van der Waals surface area contributed by atoms with Gasteiger partial charge in [0.05, 0.1) is 43.2 Å². The molecular formula is C55H78N6O11. The van der Waals surface area contributed by atoms with Gasteiger partial charge in [-0.05, 0) is 54.7 Å². The van der Waals surface area contributed by atoms with Gasteiger partial charge >= 0.3 is 5.97 Å². The van der Waals surface area contributed by atoms with E-state index in [0.717, 1.165) is 17.6 Å². The summed E-state index contributed by atoms with van der Waals surface area (Å²) in [5.41, 5.74) is 2.21. The fourth-order valence-electron chi connectivity index (χ4n) is 9.82. The third-order valence-corrected chi connectivity index (χ3v) is 14.0. The van der Waals surface area contributed by atoms with Gasteiger partial charge in [-0.25, -0.2) is 4.79 Å². The Morgan fingerprint density at radius 1 is 0.833 bits per heavy atom. The van der Waals surface area contributed by atoms with Gasteiger partial charge in [0.15, 0.2) is 0 Å². The predicted molar refractivity (Wildman–Crippen MR) is 273 cm³/mol. The molecule has 1 saturated heterocycles. The molecule has 4 rings (SSSR count). The molecule has 8 atom stereocenters. The van der Waals surface area contributed by atoms with Crippen molar-refractivity contribution in [3.8, 4) is 0 Å². The van der Waals surface area contributed by atoms with Crippen LogP contribution in [0.25, 0.3) is 0 Å². The Bertz CT molecular complexity index is 2200. The Balaban J connectivity index is 1.53. The monoisotopic (exact) mass is 999 g/mol. The van der Waals surface area contributed by atoms with Crippen LogP contribution in [0.2, 0.25) is 0 Å². The second-order valence-corrected chi connectivity index (χ2v) is 19.3. The molecule has 17 heteroatoms. The molecule has 1 aromatic rings. The lowest BCUT2D eigenvalue weighted by Crippen LogP contribution is -2.57. The molecule has 0 radical (unpaired) electrons. The van der Waals surface area contributed by atoms with Gasteiger partial charge in [0.25, 0.3) is 11.8 Å². The minimum atomic E-state index is -1.20. The smallest absolute Gasteiger partial charge is 0.326 e. The van der Waals surface area contributed by atoms with Crippen molar-refractivity contribution in [2.24, 2.45) is 17.8 Å². The number of fused-ring (bicyclic) bond motifs is 1. The van der Waals surface area contributed by atoms with Crippen molar-refractivity contribution in [1.82, 2.24) is 30.2 Å². The molecule has 0 bridgehead atoms. The summed E-state index contributed by atoms with van der Waals surface area (Å²) in [5.74, 6) is -5.17. The lowest BCUT2D eigenvalue weighted by molar-refractivity contribution is -0.147.